The number of Topliss-reactive ketones (excluding diaryl/α,β-unsaturated/α-hetero) is 1. The van der Waals surface area contributed by atoms with Crippen molar-refractivity contribution in [1.29, 1.82) is 0 Å². The molecule has 0 aromatic carbocycles. The van der Waals surface area contributed by atoms with E-state index in [-0.39, 0.29) is 57.0 Å². The summed E-state index contributed by atoms with van der Waals surface area (Å²) in [6.07, 6.45) is 0.800. The number of aromatic carboxylic acids is 1. The molecule has 12 heteroatoms. The van der Waals surface area contributed by atoms with Crippen LogP contribution in [0, 0.1) is 0 Å². The number of halogens is 2. The van der Waals surface area contributed by atoms with Gasteiger partial charge in [-0.05, 0) is 0 Å². The van der Waals surface area contributed by atoms with Gasteiger partial charge in [-0.3, -0.25) is 14.4 Å². The number of aromatic nitrogens is 6. The number of hydrogen-bond acceptors (Lipinski definition) is 7. The van der Waals surface area contributed by atoms with Gasteiger partial charge in [0.1, 0.15) is 12.3 Å². The number of aryl methyl sites for hydroxylation is 1. The summed E-state index contributed by atoms with van der Waals surface area (Å²) in [4.78, 5) is 24.3. The number of carboxylic acids is 1. The molecule has 146 valence electrons. The third kappa shape index (κ3) is 5.36. The standard InChI is InChI=1S/C15H19F2N7O3/c16-10(1-2-23-9-14(15(26)27)19-21-23)6-24-7-12(18-20-24)3-13(25)8-22-4-11(17)5-22/h7,9-11H,1-6,8H2,(H,26,27). The van der Waals surface area contributed by atoms with E-state index in [2.05, 4.69) is 20.6 Å². The zero-order chi connectivity index (χ0) is 19.4. The van der Waals surface area contributed by atoms with Gasteiger partial charge in [0.15, 0.2) is 11.5 Å². The van der Waals surface area contributed by atoms with E-state index < -0.39 is 18.3 Å². The van der Waals surface area contributed by atoms with Crippen LogP contribution in [0.4, 0.5) is 8.78 Å². The lowest BCUT2D eigenvalue weighted by atomic mass is 10.1. The molecule has 0 amide bonds. The van der Waals surface area contributed by atoms with E-state index in [4.69, 9.17) is 5.11 Å². The van der Waals surface area contributed by atoms with Crippen molar-refractivity contribution in [2.75, 3.05) is 19.6 Å². The fourth-order valence-electron chi connectivity index (χ4n) is 2.72. The molecule has 1 fully saturated rings. The van der Waals surface area contributed by atoms with Crippen molar-refractivity contribution in [3.8, 4) is 0 Å². The van der Waals surface area contributed by atoms with Gasteiger partial charge < -0.3 is 5.11 Å². The molecule has 0 spiro atoms. The third-order valence-electron chi connectivity index (χ3n) is 4.09. The minimum atomic E-state index is -1.25. The molecule has 1 N–H and O–H groups in total. The molecule has 2 aromatic heterocycles. The smallest absolute Gasteiger partial charge is 0.358 e. The second-order valence-electron chi connectivity index (χ2n) is 6.50. The van der Waals surface area contributed by atoms with E-state index in [0.717, 1.165) is 0 Å². The molecular formula is C15H19F2N7O3. The molecule has 0 aliphatic carbocycles. The van der Waals surface area contributed by atoms with E-state index in [1.165, 1.54) is 21.8 Å². The van der Waals surface area contributed by atoms with Crippen LogP contribution in [0.1, 0.15) is 22.6 Å². The van der Waals surface area contributed by atoms with Crippen LogP contribution >= 0.6 is 0 Å². The fraction of sp³-hybridized carbons (Fsp3) is 0.600. The normalized spacial score (nSPS) is 16.2. The Bertz CT molecular complexity index is 803. The highest BCUT2D eigenvalue weighted by Crippen LogP contribution is 2.11. The second-order valence-corrected chi connectivity index (χ2v) is 6.50. The molecule has 1 unspecified atom stereocenters. The molecule has 0 bridgehead atoms. The van der Waals surface area contributed by atoms with Crippen molar-refractivity contribution in [2.45, 2.75) is 38.3 Å². The van der Waals surface area contributed by atoms with Crippen LogP contribution in [0.25, 0.3) is 0 Å². The van der Waals surface area contributed by atoms with Crippen molar-refractivity contribution >= 4 is 11.8 Å². The molecule has 0 saturated carbocycles. The maximum absolute atomic E-state index is 14.1. The number of alkyl halides is 2. The summed E-state index contributed by atoms with van der Waals surface area (Å²) in [5.74, 6) is -1.28. The van der Waals surface area contributed by atoms with Gasteiger partial charge in [0.25, 0.3) is 0 Å². The van der Waals surface area contributed by atoms with E-state index >= 15 is 0 Å². The van der Waals surface area contributed by atoms with E-state index in [0.29, 0.717) is 5.69 Å². The minimum absolute atomic E-state index is 0.0443. The lowest BCUT2D eigenvalue weighted by molar-refractivity contribution is -0.121. The fourth-order valence-corrected chi connectivity index (χ4v) is 2.72. The minimum Gasteiger partial charge on any atom is -0.476 e. The number of carboxylic acid groups (broad SMARTS) is 1. The van der Waals surface area contributed by atoms with Gasteiger partial charge in [-0.2, -0.15) is 0 Å². The highest BCUT2D eigenvalue weighted by Gasteiger charge is 2.27. The molecule has 0 radical (unpaired) electrons. The number of nitrogens with zero attached hydrogens (tertiary/aromatic N) is 7. The zero-order valence-electron chi connectivity index (χ0n) is 14.4. The molecule has 3 rings (SSSR count). The Hall–Kier alpha value is -2.76. The maximum atomic E-state index is 14.1. The highest BCUT2D eigenvalue weighted by atomic mass is 19.1. The number of likely N-dealkylation sites (tertiary alicyclic amines) is 1. The van der Waals surface area contributed by atoms with Crippen molar-refractivity contribution in [3.05, 3.63) is 23.8 Å². The lowest BCUT2D eigenvalue weighted by Gasteiger charge is -2.33. The number of rotatable bonds is 10. The number of carbonyl (C=O) groups is 2. The number of carbonyl (C=O) groups excluding carboxylic acids is 1. The van der Waals surface area contributed by atoms with Crippen LogP contribution in [0.5, 0.6) is 0 Å². The summed E-state index contributed by atoms with van der Waals surface area (Å²) in [5, 5.41) is 23.5. The molecule has 10 nitrogen and oxygen atoms in total. The van der Waals surface area contributed by atoms with Crippen LogP contribution in [-0.2, 0) is 24.3 Å². The summed E-state index contributed by atoms with van der Waals surface area (Å²) >= 11 is 0. The van der Waals surface area contributed by atoms with Gasteiger partial charge >= 0.3 is 5.97 Å². The van der Waals surface area contributed by atoms with Gasteiger partial charge in [0, 0.05) is 32.3 Å². The topological polar surface area (TPSA) is 119 Å². The second kappa shape index (κ2) is 8.29. The molecule has 2 aromatic rings. The first-order valence-electron chi connectivity index (χ1n) is 8.43. The van der Waals surface area contributed by atoms with Gasteiger partial charge in [-0.25, -0.2) is 18.3 Å². The summed E-state index contributed by atoms with van der Waals surface area (Å²) in [5.41, 5.74) is 0.239. The Labute approximate surface area is 152 Å². The molecule has 3 heterocycles. The lowest BCUT2D eigenvalue weighted by Crippen LogP contribution is -2.50. The molecular weight excluding hydrogens is 364 g/mol. The highest BCUT2D eigenvalue weighted by molar-refractivity contribution is 5.84. The molecule has 1 saturated heterocycles. The van der Waals surface area contributed by atoms with E-state index in [1.54, 1.807) is 4.90 Å². The average molecular weight is 383 g/mol. The quantitative estimate of drug-likeness (QED) is 0.597. The molecule has 1 atom stereocenters. The Morgan fingerprint density at radius 1 is 1.22 bits per heavy atom. The Morgan fingerprint density at radius 3 is 2.63 bits per heavy atom. The molecule has 1 aliphatic rings. The Kier molecular flexibility index (Phi) is 5.84. The molecule has 27 heavy (non-hydrogen) atoms. The number of ketones is 1. The van der Waals surface area contributed by atoms with E-state index in [1.807, 2.05) is 0 Å². The first-order chi connectivity index (χ1) is 12.9. The van der Waals surface area contributed by atoms with Crippen LogP contribution in [0.15, 0.2) is 12.4 Å². The van der Waals surface area contributed by atoms with Crippen LogP contribution < -0.4 is 0 Å². The Morgan fingerprint density at radius 2 is 1.96 bits per heavy atom. The van der Waals surface area contributed by atoms with Crippen LogP contribution in [0.2, 0.25) is 0 Å². The van der Waals surface area contributed by atoms with Crippen molar-refractivity contribution in [3.63, 3.8) is 0 Å². The first-order valence-corrected chi connectivity index (χ1v) is 8.43. The SMILES string of the molecule is O=C(Cc1cn(CC(F)CCn2cc(C(=O)O)nn2)nn1)CN1CC(F)C1. The average Bonchev–Trinajstić information content (AvgIpc) is 3.21. The largest absolute Gasteiger partial charge is 0.476 e. The summed E-state index contributed by atoms with van der Waals surface area (Å²) in [6.45, 7) is 0.864. The van der Waals surface area contributed by atoms with Gasteiger partial charge in [-0.15, -0.1) is 10.2 Å². The predicted molar refractivity (Wildman–Crippen MR) is 86.6 cm³/mol. The van der Waals surface area contributed by atoms with E-state index in [9.17, 15) is 18.4 Å². The van der Waals surface area contributed by atoms with Crippen LogP contribution in [-0.4, -0.2) is 83.7 Å². The molecule has 1 aliphatic heterocycles. The monoisotopic (exact) mass is 383 g/mol. The summed E-state index contributed by atoms with van der Waals surface area (Å²) in [6, 6.07) is 0. The van der Waals surface area contributed by atoms with Crippen molar-refractivity contribution in [2.24, 2.45) is 0 Å². The summed E-state index contributed by atoms with van der Waals surface area (Å²) in [7, 11) is 0. The third-order valence-corrected chi connectivity index (χ3v) is 4.09. The first kappa shape index (κ1) is 19.0. The summed E-state index contributed by atoms with van der Waals surface area (Å²) < 4.78 is 29.4. The van der Waals surface area contributed by atoms with Gasteiger partial charge in [-0.1, -0.05) is 10.4 Å². The maximum Gasteiger partial charge on any atom is 0.358 e. The Balaban J connectivity index is 1.41. The predicted octanol–water partition coefficient (Wildman–Crippen LogP) is -0.238. The number of hydrogen-bond donors (Lipinski definition) is 1. The van der Waals surface area contributed by atoms with Crippen LogP contribution in [0.3, 0.4) is 0 Å². The van der Waals surface area contributed by atoms with Crippen molar-refractivity contribution < 1.29 is 23.5 Å². The zero-order valence-corrected chi connectivity index (χ0v) is 14.4. The van der Waals surface area contributed by atoms with Crippen molar-refractivity contribution in [1.82, 2.24) is 34.9 Å². The van der Waals surface area contributed by atoms with Gasteiger partial charge in [0.05, 0.1) is 31.4 Å². The van der Waals surface area contributed by atoms with Gasteiger partial charge in [0.2, 0.25) is 0 Å².